The number of nitrogens with zero attached hydrogens (tertiary/aromatic N) is 1. The SMILES string of the molecule is CCC1(CC)CN(c2ccc(C(F)(F)F)cc2C(=O)O)C1. The molecule has 1 saturated heterocycles. The number of hydrogen-bond acceptors (Lipinski definition) is 2. The van der Waals surface area contributed by atoms with Crippen molar-refractivity contribution in [3.63, 3.8) is 0 Å². The van der Waals surface area contributed by atoms with Gasteiger partial charge in [-0.05, 0) is 31.0 Å². The molecule has 1 aliphatic heterocycles. The van der Waals surface area contributed by atoms with Gasteiger partial charge in [-0.25, -0.2) is 4.79 Å². The van der Waals surface area contributed by atoms with Crippen molar-refractivity contribution < 1.29 is 23.1 Å². The van der Waals surface area contributed by atoms with E-state index >= 15 is 0 Å². The maximum absolute atomic E-state index is 12.7. The fourth-order valence-corrected chi connectivity index (χ4v) is 2.79. The number of carboxylic acid groups (broad SMARTS) is 1. The summed E-state index contributed by atoms with van der Waals surface area (Å²) in [5.41, 5.74) is -0.696. The number of rotatable bonds is 4. The Morgan fingerprint density at radius 3 is 2.29 bits per heavy atom. The van der Waals surface area contributed by atoms with Crippen molar-refractivity contribution in [2.45, 2.75) is 32.9 Å². The topological polar surface area (TPSA) is 40.5 Å². The van der Waals surface area contributed by atoms with Gasteiger partial charge in [-0.2, -0.15) is 13.2 Å². The van der Waals surface area contributed by atoms with E-state index in [0.29, 0.717) is 18.8 Å². The van der Waals surface area contributed by atoms with Gasteiger partial charge in [0.05, 0.1) is 16.8 Å². The molecule has 1 N–H and O–H groups in total. The molecule has 0 spiro atoms. The van der Waals surface area contributed by atoms with E-state index in [1.54, 1.807) is 0 Å². The van der Waals surface area contributed by atoms with Crippen LogP contribution in [0.1, 0.15) is 42.6 Å². The van der Waals surface area contributed by atoms with Crippen LogP contribution >= 0.6 is 0 Å². The van der Waals surface area contributed by atoms with Crippen molar-refractivity contribution in [3.05, 3.63) is 29.3 Å². The van der Waals surface area contributed by atoms with E-state index in [1.807, 2.05) is 4.90 Å². The largest absolute Gasteiger partial charge is 0.478 e. The first-order chi connectivity index (χ1) is 9.72. The van der Waals surface area contributed by atoms with E-state index in [-0.39, 0.29) is 11.0 Å². The predicted octanol–water partition coefficient (Wildman–Crippen LogP) is 4.03. The van der Waals surface area contributed by atoms with Gasteiger partial charge in [0, 0.05) is 18.5 Å². The van der Waals surface area contributed by atoms with E-state index in [4.69, 9.17) is 0 Å². The van der Waals surface area contributed by atoms with Gasteiger partial charge in [0.2, 0.25) is 0 Å². The lowest BCUT2D eigenvalue weighted by Crippen LogP contribution is -2.56. The average Bonchev–Trinajstić information content (AvgIpc) is 2.37. The van der Waals surface area contributed by atoms with Gasteiger partial charge in [0.1, 0.15) is 0 Å². The van der Waals surface area contributed by atoms with E-state index in [1.165, 1.54) is 6.07 Å². The molecule has 0 radical (unpaired) electrons. The molecule has 0 unspecified atom stereocenters. The third-order valence-corrected chi connectivity index (χ3v) is 4.45. The highest BCUT2D eigenvalue weighted by atomic mass is 19.4. The Morgan fingerprint density at radius 2 is 1.86 bits per heavy atom. The Balaban J connectivity index is 2.32. The molecule has 0 saturated carbocycles. The first-order valence-electron chi connectivity index (χ1n) is 6.92. The summed E-state index contributed by atoms with van der Waals surface area (Å²) in [6.07, 6.45) is -2.58. The Kier molecular flexibility index (Phi) is 3.91. The summed E-state index contributed by atoms with van der Waals surface area (Å²) in [6, 6.07) is 2.93. The van der Waals surface area contributed by atoms with Crippen molar-refractivity contribution in [1.82, 2.24) is 0 Å². The molecule has 1 aromatic carbocycles. The fraction of sp³-hybridized carbons (Fsp3) is 0.533. The van der Waals surface area contributed by atoms with Crippen LogP contribution in [0.2, 0.25) is 0 Å². The maximum Gasteiger partial charge on any atom is 0.416 e. The van der Waals surface area contributed by atoms with Crippen molar-refractivity contribution >= 4 is 11.7 Å². The second-order valence-electron chi connectivity index (χ2n) is 5.60. The van der Waals surface area contributed by atoms with Gasteiger partial charge in [-0.1, -0.05) is 13.8 Å². The zero-order chi connectivity index (χ0) is 15.8. The van der Waals surface area contributed by atoms with Gasteiger partial charge in [0.25, 0.3) is 0 Å². The van der Waals surface area contributed by atoms with Crippen molar-refractivity contribution in [2.24, 2.45) is 5.41 Å². The summed E-state index contributed by atoms with van der Waals surface area (Å²) in [4.78, 5) is 13.1. The zero-order valence-corrected chi connectivity index (χ0v) is 12.0. The molecule has 0 aromatic heterocycles. The molecule has 0 bridgehead atoms. The minimum atomic E-state index is -4.53. The first kappa shape index (κ1) is 15.7. The molecular formula is C15H18F3NO2. The third-order valence-electron chi connectivity index (χ3n) is 4.45. The van der Waals surface area contributed by atoms with Crippen LogP contribution < -0.4 is 4.90 Å². The van der Waals surface area contributed by atoms with E-state index in [0.717, 1.165) is 25.0 Å². The average molecular weight is 301 g/mol. The summed E-state index contributed by atoms with van der Waals surface area (Å²) < 4.78 is 38.1. The summed E-state index contributed by atoms with van der Waals surface area (Å²) in [5, 5.41) is 9.17. The van der Waals surface area contributed by atoms with E-state index < -0.39 is 17.7 Å². The van der Waals surface area contributed by atoms with Crippen molar-refractivity contribution in [3.8, 4) is 0 Å². The molecule has 116 valence electrons. The zero-order valence-electron chi connectivity index (χ0n) is 12.0. The van der Waals surface area contributed by atoms with Crippen LogP contribution in [0, 0.1) is 5.41 Å². The number of alkyl halides is 3. The molecule has 21 heavy (non-hydrogen) atoms. The molecule has 1 fully saturated rings. The molecule has 0 atom stereocenters. The molecule has 0 amide bonds. The van der Waals surface area contributed by atoms with Crippen LogP contribution in [0.4, 0.5) is 18.9 Å². The third kappa shape index (κ3) is 2.84. The number of hydrogen-bond donors (Lipinski definition) is 1. The fourth-order valence-electron chi connectivity index (χ4n) is 2.79. The molecule has 1 aliphatic rings. The van der Waals surface area contributed by atoms with Crippen LogP contribution in [0.15, 0.2) is 18.2 Å². The number of carboxylic acids is 1. The van der Waals surface area contributed by atoms with Gasteiger partial charge in [-0.3, -0.25) is 0 Å². The summed E-state index contributed by atoms with van der Waals surface area (Å²) >= 11 is 0. The summed E-state index contributed by atoms with van der Waals surface area (Å²) in [5.74, 6) is -1.33. The second kappa shape index (κ2) is 5.24. The van der Waals surface area contributed by atoms with Crippen molar-refractivity contribution in [2.75, 3.05) is 18.0 Å². The van der Waals surface area contributed by atoms with Crippen LogP contribution in [0.3, 0.4) is 0 Å². The molecule has 0 aliphatic carbocycles. The molecule has 1 heterocycles. The first-order valence-corrected chi connectivity index (χ1v) is 6.92. The summed E-state index contributed by atoms with van der Waals surface area (Å²) in [6.45, 7) is 5.52. The number of carbonyl (C=O) groups is 1. The monoisotopic (exact) mass is 301 g/mol. The standard InChI is InChI=1S/C15H18F3NO2/c1-3-14(4-2)8-19(9-14)12-6-5-10(15(16,17)18)7-11(12)13(20)21/h5-7H,3-4,8-9H2,1-2H3,(H,20,21). The normalized spacial score (nSPS) is 17.5. The van der Waals surface area contributed by atoms with E-state index in [2.05, 4.69) is 13.8 Å². The Hall–Kier alpha value is -1.72. The summed E-state index contributed by atoms with van der Waals surface area (Å²) in [7, 11) is 0. The highest BCUT2D eigenvalue weighted by molar-refractivity contribution is 5.95. The number of halogens is 3. The molecule has 2 rings (SSSR count). The highest BCUT2D eigenvalue weighted by Gasteiger charge is 2.41. The van der Waals surface area contributed by atoms with Crippen molar-refractivity contribution in [1.29, 1.82) is 0 Å². The van der Waals surface area contributed by atoms with Gasteiger partial charge in [0.15, 0.2) is 0 Å². The lowest BCUT2D eigenvalue weighted by Gasteiger charge is -2.51. The van der Waals surface area contributed by atoms with Crippen LogP contribution in [-0.4, -0.2) is 24.2 Å². The number of anilines is 1. The Morgan fingerprint density at radius 1 is 1.29 bits per heavy atom. The number of aromatic carboxylic acids is 1. The Bertz CT molecular complexity index is 542. The highest BCUT2D eigenvalue weighted by Crippen LogP contribution is 2.42. The molecule has 6 heteroatoms. The molecule has 3 nitrogen and oxygen atoms in total. The molecular weight excluding hydrogens is 283 g/mol. The van der Waals surface area contributed by atoms with Crippen LogP contribution in [-0.2, 0) is 6.18 Å². The van der Waals surface area contributed by atoms with Gasteiger partial charge < -0.3 is 10.0 Å². The minimum Gasteiger partial charge on any atom is -0.478 e. The van der Waals surface area contributed by atoms with Crippen LogP contribution in [0.25, 0.3) is 0 Å². The quantitative estimate of drug-likeness (QED) is 0.912. The number of benzene rings is 1. The molecule has 1 aromatic rings. The van der Waals surface area contributed by atoms with Crippen LogP contribution in [0.5, 0.6) is 0 Å². The smallest absolute Gasteiger partial charge is 0.416 e. The van der Waals surface area contributed by atoms with E-state index in [9.17, 15) is 23.1 Å². The predicted molar refractivity (Wildman–Crippen MR) is 73.6 cm³/mol. The maximum atomic E-state index is 12.7. The minimum absolute atomic E-state index is 0.151. The second-order valence-corrected chi connectivity index (χ2v) is 5.60. The van der Waals surface area contributed by atoms with Gasteiger partial charge in [-0.15, -0.1) is 0 Å². The lowest BCUT2D eigenvalue weighted by molar-refractivity contribution is -0.137. The lowest BCUT2D eigenvalue weighted by atomic mass is 9.74. The Labute approximate surface area is 121 Å². The van der Waals surface area contributed by atoms with Gasteiger partial charge >= 0.3 is 12.1 Å².